The van der Waals surface area contributed by atoms with Gasteiger partial charge in [-0.15, -0.1) is 0 Å². The zero-order chi connectivity index (χ0) is 11.5. The van der Waals surface area contributed by atoms with Crippen molar-refractivity contribution < 1.29 is 14.8 Å². The summed E-state index contributed by atoms with van der Waals surface area (Å²) in [5.41, 5.74) is 0.406. The molecule has 0 aromatic rings. The fraction of sp³-hybridized carbons (Fsp3) is 1.00. The Bertz CT molecular complexity index is 233. The highest BCUT2D eigenvalue weighted by molar-refractivity contribution is 7.46. The van der Waals surface area contributed by atoms with Crippen molar-refractivity contribution in [3.05, 3.63) is 0 Å². The maximum atomic E-state index is 12.4. The van der Waals surface area contributed by atoms with Gasteiger partial charge >= 0.3 is 7.80 Å². The third-order valence-electron chi connectivity index (χ3n) is 3.96. The number of aliphatic hydroxyl groups excluding tert-OH is 2. The smallest absolute Gasteiger partial charge is 0.345 e. The first-order valence-electron chi connectivity index (χ1n) is 6.48. The van der Waals surface area contributed by atoms with Crippen LogP contribution in [-0.2, 0) is 4.57 Å². The van der Waals surface area contributed by atoms with Crippen molar-refractivity contribution in [1.82, 2.24) is 0 Å². The highest BCUT2D eigenvalue weighted by Gasteiger charge is 2.42. The fourth-order valence-corrected chi connectivity index (χ4v) is 5.41. The van der Waals surface area contributed by atoms with Gasteiger partial charge in [-0.05, 0) is 38.5 Å². The largest absolute Gasteiger partial charge is 0.393 e. The Kier molecular flexibility index (Phi) is 4.34. The van der Waals surface area contributed by atoms with Crippen LogP contribution in [0.25, 0.3) is 0 Å². The van der Waals surface area contributed by atoms with Crippen LogP contribution in [0.4, 0.5) is 0 Å². The molecule has 0 aliphatic heterocycles. The Hall–Kier alpha value is 0.0200. The lowest BCUT2D eigenvalue weighted by Gasteiger charge is -2.24. The highest BCUT2D eigenvalue weighted by atomic mass is 31.1. The van der Waals surface area contributed by atoms with Gasteiger partial charge < -0.3 is 10.2 Å². The SMILES string of the molecule is O=[P+](C1CCCC(O)C1)C1CCCC(O)C1. The van der Waals surface area contributed by atoms with Gasteiger partial charge in [0.15, 0.2) is 11.3 Å². The van der Waals surface area contributed by atoms with Crippen molar-refractivity contribution in [3.8, 4) is 0 Å². The zero-order valence-corrected chi connectivity index (χ0v) is 10.6. The standard InChI is InChI=1S/C12H22O3P/c13-9-3-1-5-11(7-9)16(15)12-6-2-4-10(14)8-12/h9-14H,1-8H2/q+1. The van der Waals surface area contributed by atoms with Gasteiger partial charge in [0.1, 0.15) is 0 Å². The summed E-state index contributed by atoms with van der Waals surface area (Å²) in [4.78, 5) is 0. The van der Waals surface area contributed by atoms with Gasteiger partial charge in [0.2, 0.25) is 0 Å². The summed E-state index contributed by atoms with van der Waals surface area (Å²) in [7, 11) is -1.24. The molecular weight excluding hydrogens is 223 g/mol. The molecule has 0 spiro atoms. The molecule has 0 aromatic heterocycles. The average molecular weight is 245 g/mol. The number of hydrogen-bond acceptors (Lipinski definition) is 3. The van der Waals surface area contributed by atoms with Crippen molar-refractivity contribution in [2.24, 2.45) is 0 Å². The molecule has 2 aliphatic carbocycles. The first kappa shape index (κ1) is 12.5. The Morgan fingerprint density at radius 1 is 0.812 bits per heavy atom. The highest BCUT2D eigenvalue weighted by Crippen LogP contribution is 2.47. The molecule has 2 fully saturated rings. The van der Waals surface area contributed by atoms with E-state index in [4.69, 9.17) is 0 Å². The topological polar surface area (TPSA) is 57.5 Å². The lowest BCUT2D eigenvalue weighted by Crippen LogP contribution is -2.27. The third-order valence-corrected chi connectivity index (χ3v) is 6.34. The summed E-state index contributed by atoms with van der Waals surface area (Å²) in [5.74, 6) is 0. The van der Waals surface area contributed by atoms with E-state index in [2.05, 4.69) is 0 Å². The molecule has 2 aliphatic rings. The Balaban J connectivity index is 1.90. The maximum absolute atomic E-state index is 12.4. The van der Waals surface area contributed by atoms with Gasteiger partial charge in [-0.2, -0.15) is 0 Å². The lowest BCUT2D eigenvalue weighted by atomic mass is 9.97. The zero-order valence-electron chi connectivity index (χ0n) is 9.72. The summed E-state index contributed by atoms with van der Waals surface area (Å²) in [6.45, 7) is 0. The molecule has 0 bridgehead atoms. The van der Waals surface area contributed by atoms with Crippen molar-refractivity contribution in [2.45, 2.75) is 74.9 Å². The molecule has 2 N–H and O–H groups in total. The van der Waals surface area contributed by atoms with Crippen molar-refractivity contribution >= 4 is 7.80 Å². The molecule has 0 radical (unpaired) electrons. The van der Waals surface area contributed by atoms with E-state index in [0.29, 0.717) is 12.8 Å². The van der Waals surface area contributed by atoms with Crippen LogP contribution in [0.3, 0.4) is 0 Å². The minimum Gasteiger partial charge on any atom is -0.393 e. The second kappa shape index (κ2) is 5.57. The van der Waals surface area contributed by atoms with Crippen molar-refractivity contribution in [2.75, 3.05) is 0 Å². The molecule has 92 valence electrons. The molecule has 0 aromatic carbocycles. The van der Waals surface area contributed by atoms with E-state index in [1.807, 2.05) is 0 Å². The molecule has 2 saturated carbocycles. The normalized spacial score (nSPS) is 41.8. The molecule has 4 atom stereocenters. The minimum absolute atomic E-state index is 0.203. The van der Waals surface area contributed by atoms with E-state index < -0.39 is 7.80 Å². The van der Waals surface area contributed by atoms with Crippen LogP contribution in [0.1, 0.15) is 51.4 Å². The van der Waals surface area contributed by atoms with Gasteiger partial charge in [-0.3, -0.25) is 0 Å². The molecule has 2 rings (SSSR count). The van der Waals surface area contributed by atoms with Crippen LogP contribution < -0.4 is 0 Å². The van der Waals surface area contributed by atoms with Gasteiger partial charge in [0.05, 0.1) is 12.2 Å². The molecule has 4 unspecified atom stereocenters. The van der Waals surface area contributed by atoms with Crippen molar-refractivity contribution in [3.63, 3.8) is 0 Å². The summed E-state index contributed by atoms with van der Waals surface area (Å²) < 4.78 is 12.4. The van der Waals surface area contributed by atoms with Crippen LogP contribution in [0.15, 0.2) is 0 Å². The minimum atomic E-state index is -1.24. The average Bonchev–Trinajstić information content (AvgIpc) is 2.28. The fourth-order valence-electron chi connectivity index (χ4n) is 3.04. The number of aliphatic hydroxyl groups is 2. The van der Waals surface area contributed by atoms with E-state index in [1.54, 1.807) is 0 Å². The predicted molar refractivity (Wildman–Crippen MR) is 64.1 cm³/mol. The Morgan fingerprint density at radius 3 is 1.62 bits per heavy atom. The maximum Gasteiger partial charge on any atom is 0.345 e. The van der Waals surface area contributed by atoms with Crippen molar-refractivity contribution in [1.29, 1.82) is 0 Å². The molecule has 3 nitrogen and oxygen atoms in total. The first-order chi connectivity index (χ1) is 7.66. The third kappa shape index (κ3) is 3.03. The van der Waals surface area contributed by atoms with E-state index >= 15 is 0 Å². The molecular formula is C12H22O3P+. The quantitative estimate of drug-likeness (QED) is 0.734. The summed E-state index contributed by atoms with van der Waals surface area (Å²) in [6.07, 6.45) is 6.67. The molecule has 0 amide bonds. The second-order valence-corrected chi connectivity index (χ2v) is 7.49. The van der Waals surface area contributed by atoms with Gasteiger partial charge in [0.25, 0.3) is 0 Å². The monoisotopic (exact) mass is 245 g/mol. The van der Waals surface area contributed by atoms with Gasteiger partial charge in [-0.1, -0.05) is 4.57 Å². The summed E-state index contributed by atoms with van der Waals surface area (Å²) in [5, 5.41) is 19.2. The van der Waals surface area contributed by atoms with E-state index in [-0.39, 0.29) is 23.5 Å². The first-order valence-corrected chi connectivity index (χ1v) is 7.88. The van der Waals surface area contributed by atoms with Gasteiger partial charge in [0, 0.05) is 12.8 Å². The Morgan fingerprint density at radius 2 is 1.25 bits per heavy atom. The van der Waals surface area contributed by atoms with E-state index in [0.717, 1.165) is 38.5 Å². The molecule has 0 saturated heterocycles. The van der Waals surface area contributed by atoms with Gasteiger partial charge in [-0.25, -0.2) is 0 Å². The van der Waals surface area contributed by atoms with Crippen LogP contribution in [-0.4, -0.2) is 33.7 Å². The molecule has 16 heavy (non-hydrogen) atoms. The number of hydrogen-bond donors (Lipinski definition) is 2. The molecule has 0 heterocycles. The lowest BCUT2D eigenvalue weighted by molar-refractivity contribution is 0.126. The Labute approximate surface area is 98.0 Å². The van der Waals surface area contributed by atoms with E-state index in [1.165, 1.54) is 0 Å². The summed E-state index contributed by atoms with van der Waals surface area (Å²) >= 11 is 0. The van der Waals surface area contributed by atoms with Crippen LogP contribution in [0, 0.1) is 0 Å². The molecule has 4 heteroatoms. The van der Waals surface area contributed by atoms with Crippen LogP contribution in [0.5, 0.6) is 0 Å². The van der Waals surface area contributed by atoms with Crippen LogP contribution >= 0.6 is 7.80 Å². The predicted octanol–water partition coefficient (Wildman–Crippen LogP) is 2.42. The summed E-state index contributed by atoms with van der Waals surface area (Å²) in [6, 6.07) is 0. The number of rotatable bonds is 2. The van der Waals surface area contributed by atoms with Crippen LogP contribution in [0.2, 0.25) is 0 Å². The van der Waals surface area contributed by atoms with E-state index in [9.17, 15) is 14.8 Å². The second-order valence-electron chi connectivity index (χ2n) is 5.31.